The molecule has 19 heavy (non-hydrogen) atoms. The molecule has 0 radical (unpaired) electrons. The van der Waals surface area contributed by atoms with Crippen LogP contribution in [0.4, 0.5) is 8.78 Å². The number of hydrogen-bond donors (Lipinski definition) is 1. The van der Waals surface area contributed by atoms with Crippen molar-refractivity contribution >= 4 is 0 Å². The number of nitrogens with one attached hydrogen (secondary N) is 1. The van der Waals surface area contributed by atoms with Gasteiger partial charge in [0.15, 0.2) is 5.82 Å². The molecule has 0 spiro atoms. The number of aromatic nitrogens is 2. The number of benzene rings is 1. The summed E-state index contributed by atoms with van der Waals surface area (Å²) in [6, 6.07) is 2.04. The number of rotatable bonds is 4. The van der Waals surface area contributed by atoms with Crippen LogP contribution < -0.4 is 5.32 Å². The summed E-state index contributed by atoms with van der Waals surface area (Å²) in [5, 5.41) is 6.66. The Bertz CT molecular complexity index is 583. The van der Waals surface area contributed by atoms with Crippen LogP contribution in [0, 0.1) is 25.5 Å². The molecule has 4 nitrogen and oxygen atoms in total. The maximum absolute atomic E-state index is 13.8. The van der Waals surface area contributed by atoms with E-state index >= 15 is 0 Å². The molecule has 102 valence electrons. The summed E-state index contributed by atoms with van der Waals surface area (Å²) in [5.74, 6) is 0.105. The third-order valence-electron chi connectivity index (χ3n) is 2.87. The lowest BCUT2D eigenvalue weighted by atomic mass is 10.1. The number of aryl methyl sites for hydroxylation is 2. The van der Waals surface area contributed by atoms with Crippen LogP contribution in [0.5, 0.6) is 0 Å². The summed E-state index contributed by atoms with van der Waals surface area (Å²) >= 11 is 0. The van der Waals surface area contributed by atoms with E-state index in [0.717, 1.165) is 0 Å². The van der Waals surface area contributed by atoms with Crippen LogP contribution in [0.3, 0.4) is 0 Å². The van der Waals surface area contributed by atoms with E-state index in [1.165, 1.54) is 19.1 Å². The van der Waals surface area contributed by atoms with E-state index in [9.17, 15) is 8.78 Å². The zero-order valence-electron chi connectivity index (χ0n) is 11.0. The molecule has 0 aliphatic rings. The standard InChI is InChI=1S/C13H15F2N3O/c1-7-4-12(15)10(5-11(7)14)8(2)16-6-13-17-9(3)18-19-13/h4-5,8,16H,6H2,1-3H3. The van der Waals surface area contributed by atoms with Crippen LogP contribution in [0.15, 0.2) is 16.7 Å². The molecule has 6 heteroatoms. The van der Waals surface area contributed by atoms with E-state index in [2.05, 4.69) is 15.5 Å². The van der Waals surface area contributed by atoms with Gasteiger partial charge in [0, 0.05) is 11.6 Å². The molecular weight excluding hydrogens is 252 g/mol. The summed E-state index contributed by atoms with van der Waals surface area (Å²) in [7, 11) is 0. The van der Waals surface area contributed by atoms with Crippen LogP contribution in [0.1, 0.15) is 35.8 Å². The van der Waals surface area contributed by atoms with Gasteiger partial charge in [0.05, 0.1) is 6.54 Å². The molecule has 0 saturated heterocycles. The largest absolute Gasteiger partial charge is 0.338 e. The second kappa shape index (κ2) is 5.44. The molecule has 2 aromatic rings. The minimum Gasteiger partial charge on any atom is -0.338 e. The topological polar surface area (TPSA) is 51.0 Å². The first-order valence-electron chi connectivity index (χ1n) is 5.95. The van der Waals surface area contributed by atoms with Gasteiger partial charge in [-0.1, -0.05) is 5.16 Å². The fraction of sp³-hybridized carbons (Fsp3) is 0.385. The van der Waals surface area contributed by atoms with Crippen molar-refractivity contribution in [3.8, 4) is 0 Å². The fourth-order valence-electron chi connectivity index (χ4n) is 1.76. The smallest absolute Gasteiger partial charge is 0.240 e. The maximum Gasteiger partial charge on any atom is 0.240 e. The molecule has 0 fully saturated rings. The maximum atomic E-state index is 13.8. The minimum absolute atomic E-state index is 0.277. The van der Waals surface area contributed by atoms with Gasteiger partial charge in [-0.15, -0.1) is 0 Å². The molecule has 0 aliphatic heterocycles. The predicted octanol–water partition coefficient (Wildman–Crippen LogP) is 2.82. The third-order valence-corrected chi connectivity index (χ3v) is 2.87. The van der Waals surface area contributed by atoms with Crippen molar-refractivity contribution in [2.45, 2.75) is 33.4 Å². The molecule has 1 aromatic carbocycles. The number of halogens is 2. The van der Waals surface area contributed by atoms with Gasteiger partial charge in [0.2, 0.25) is 5.89 Å². The van der Waals surface area contributed by atoms with Crippen molar-refractivity contribution in [3.05, 3.63) is 46.6 Å². The van der Waals surface area contributed by atoms with Crippen molar-refractivity contribution in [1.82, 2.24) is 15.5 Å². The summed E-state index contributed by atoms with van der Waals surface area (Å²) < 4.78 is 32.1. The fourth-order valence-corrected chi connectivity index (χ4v) is 1.76. The molecule has 1 atom stereocenters. The van der Waals surface area contributed by atoms with Crippen molar-refractivity contribution in [2.24, 2.45) is 0 Å². The molecule has 1 heterocycles. The Balaban J connectivity index is 2.07. The highest BCUT2D eigenvalue weighted by molar-refractivity contribution is 5.27. The van der Waals surface area contributed by atoms with E-state index in [1.54, 1.807) is 13.8 Å². The molecular formula is C13H15F2N3O. The molecule has 0 saturated carbocycles. The molecule has 1 N–H and O–H groups in total. The second-order valence-corrected chi connectivity index (χ2v) is 4.46. The minimum atomic E-state index is -0.430. The summed E-state index contributed by atoms with van der Waals surface area (Å²) in [5.41, 5.74) is 0.570. The van der Waals surface area contributed by atoms with Gasteiger partial charge in [0.25, 0.3) is 0 Å². The van der Waals surface area contributed by atoms with Crippen LogP contribution in [0.2, 0.25) is 0 Å². The van der Waals surface area contributed by atoms with E-state index in [1.807, 2.05) is 0 Å². The Labute approximate surface area is 109 Å². The third kappa shape index (κ3) is 3.14. The van der Waals surface area contributed by atoms with Crippen LogP contribution in [-0.4, -0.2) is 10.1 Å². The first-order chi connectivity index (χ1) is 8.97. The lowest BCUT2D eigenvalue weighted by Crippen LogP contribution is -2.19. The van der Waals surface area contributed by atoms with Gasteiger partial charge < -0.3 is 9.84 Å². The van der Waals surface area contributed by atoms with Gasteiger partial charge in [0.1, 0.15) is 11.6 Å². The average molecular weight is 267 g/mol. The van der Waals surface area contributed by atoms with Gasteiger partial charge in [-0.3, -0.25) is 0 Å². The van der Waals surface area contributed by atoms with Crippen molar-refractivity contribution < 1.29 is 13.3 Å². The molecule has 2 rings (SSSR count). The van der Waals surface area contributed by atoms with E-state index < -0.39 is 11.6 Å². The van der Waals surface area contributed by atoms with Crippen LogP contribution in [0.25, 0.3) is 0 Å². The molecule has 0 aliphatic carbocycles. The lowest BCUT2D eigenvalue weighted by Gasteiger charge is -2.14. The first kappa shape index (κ1) is 13.6. The quantitative estimate of drug-likeness (QED) is 0.925. The number of hydrogen-bond acceptors (Lipinski definition) is 4. The van der Waals surface area contributed by atoms with Gasteiger partial charge >= 0.3 is 0 Å². The van der Waals surface area contributed by atoms with Crippen molar-refractivity contribution in [1.29, 1.82) is 0 Å². The van der Waals surface area contributed by atoms with Gasteiger partial charge in [-0.05, 0) is 38.5 Å². The lowest BCUT2D eigenvalue weighted by molar-refractivity contribution is 0.356. The van der Waals surface area contributed by atoms with Gasteiger partial charge in [-0.25, -0.2) is 8.78 Å². The van der Waals surface area contributed by atoms with Crippen molar-refractivity contribution in [2.75, 3.05) is 0 Å². The van der Waals surface area contributed by atoms with E-state index in [0.29, 0.717) is 23.8 Å². The highest BCUT2D eigenvalue weighted by Crippen LogP contribution is 2.20. The molecule has 0 amide bonds. The molecule has 1 aromatic heterocycles. The first-order valence-corrected chi connectivity index (χ1v) is 5.95. The average Bonchev–Trinajstić information content (AvgIpc) is 2.77. The van der Waals surface area contributed by atoms with Gasteiger partial charge in [-0.2, -0.15) is 4.98 Å². The summed E-state index contributed by atoms with van der Waals surface area (Å²) in [6.45, 7) is 5.29. The zero-order valence-corrected chi connectivity index (χ0v) is 11.0. The van der Waals surface area contributed by atoms with E-state index in [4.69, 9.17) is 4.52 Å². The van der Waals surface area contributed by atoms with Crippen LogP contribution in [-0.2, 0) is 6.54 Å². The second-order valence-electron chi connectivity index (χ2n) is 4.46. The monoisotopic (exact) mass is 267 g/mol. The molecule has 0 bridgehead atoms. The van der Waals surface area contributed by atoms with Crippen LogP contribution >= 0.6 is 0 Å². The number of nitrogens with zero attached hydrogens (tertiary/aromatic N) is 2. The molecule has 1 unspecified atom stereocenters. The summed E-state index contributed by atoms with van der Waals surface area (Å²) in [6.07, 6.45) is 0. The highest BCUT2D eigenvalue weighted by atomic mass is 19.1. The highest BCUT2D eigenvalue weighted by Gasteiger charge is 2.14. The Hall–Kier alpha value is -1.82. The predicted molar refractivity (Wildman–Crippen MR) is 65.4 cm³/mol. The Morgan fingerprint density at radius 1 is 1.26 bits per heavy atom. The Kier molecular flexibility index (Phi) is 3.90. The Morgan fingerprint density at radius 3 is 2.63 bits per heavy atom. The summed E-state index contributed by atoms with van der Waals surface area (Å²) in [4.78, 5) is 4.02. The zero-order chi connectivity index (χ0) is 14.0. The normalized spacial score (nSPS) is 12.7. The van der Waals surface area contributed by atoms with Crippen molar-refractivity contribution in [3.63, 3.8) is 0 Å². The Morgan fingerprint density at radius 2 is 2.00 bits per heavy atom. The van der Waals surface area contributed by atoms with E-state index in [-0.39, 0.29) is 11.6 Å². The SMILES string of the molecule is Cc1noc(CNC(C)c2cc(F)c(C)cc2F)n1.